The Labute approximate surface area is 148 Å². The van der Waals surface area contributed by atoms with Crippen LogP contribution in [0.3, 0.4) is 0 Å². The van der Waals surface area contributed by atoms with Crippen molar-refractivity contribution in [3.63, 3.8) is 0 Å². The quantitative estimate of drug-likeness (QED) is 0.799. The van der Waals surface area contributed by atoms with Crippen LogP contribution in [-0.4, -0.2) is 17.7 Å². The minimum Gasteiger partial charge on any atom is -0.486 e. The molecule has 2 aromatic carbocycles. The van der Waals surface area contributed by atoms with E-state index >= 15 is 0 Å². The van der Waals surface area contributed by atoms with Crippen molar-refractivity contribution in [3.05, 3.63) is 64.7 Å². The highest BCUT2D eigenvalue weighted by molar-refractivity contribution is 5.67. The first-order chi connectivity index (χ1) is 12.1. The van der Waals surface area contributed by atoms with Crippen LogP contribution >= 0.6 is 0 Å². The van der Waals surface area contributed by atoms with Gasteiger partial charge in [-0.1, -0.05) is 35.9 Å². The summed E-state index contributed by atoms with van der Waals surface area (Å²) in [6, 6.07) is 14.1. The number of hydrogen-bond acceptors (Lipinski definition) is 3. The molecule has 0 radical (unpaired) electrons. The van der Waals surface area contributed by atoms with E-state index in [1.54, 1.807) is 0 Å². The van der Waals surface area contributed by atoms with Crippen molar-refractivity contribution in [2.24, 2.45) is 0 Å². The van der Waals surface area contributed by atoms with Crippen LogP contribution in [0.25, 0.3) is 0 Å². The Kier molecular flexibility index (Phi) is 5.39. The number of benzene rings is 2. The molecule has 0 bridgehead atoms. The zero-order valence-electron chi connectivity index (χ0n) is 14.7. The predicted octanol–water partition coefficient (Wildman–Crippen LogP) is 4.61. The van der Waals surface area contributed by atoms with E-state index in [-0.39, 0.29) is 12.5 Å². The summed E-state index contributed by atoms with van der Waals surface area (Å²) in [5, 5.41) is 9.02. The maximum absolute atomic E-state index is 11.0. The van der Waals surface area contributed by atoms with Gasteiger partial charge in [0, 0.05) is 6.61 Å². The number of rotatable bonds is 7. The molecule has 1 unspecified atom stereocenters. The van der Waals surface area contributed by atoms with Crippen LogP contribution in [0.5, 0.6) is 5.75 Å². The lowest BCUT2D eigenvalue weighted by molar-refractivity contribution is -0.140. The summed E-state index contributed by atoms with van der Waals surface area (Å²) in [5.41, 5.74) is 4.79. The van der Waals surface area contributed by atoms with Gasteiger partial charge >= 0.3 is 5.97 Å². The summed E-state index contributed by atoms with van der Waals surface area (Å²) >= 11 is 0. The van der Waals surface area contributed by atoms with Crippen molar-refractivity contribution >= 4 is 5.97 Å². The fourth-order valence-electron chi connectivity index (χ4n) is 3.39. The number of fused-ring (bicyclic) bond motifs is 1. The first-order valence-electron chi connectivity index (χ1n) is 8.76. The van der Waals surface area contributed by atoms with E-state index in [0.29, 0.717) is 6.61 Å². The van der Waals surface area contributed by atoms with Gasteiger partial charge in [0.25, 0.3) is 0 Å². The molecule has 0 amide bonds. The van der Waals surface area contributed by atoms with Gasteiger partial charge in [-0.05, 0) is 55.5 Å². The van der Waals surface area contributed by atoms with Crippen molar-refractivity contribution in [1.82, 2.24) is 0 Å². The molecule has 132 valence electrons. The first-order valence-corrected chi connectivity index (χ1v) is 8.76. The van der Waals surface area contributed by atoms with Crippen molar-refractivity contribution < 1.29 is 19.4 Å². The molecule has 1 N–H and O–H groups in total. The maximum Gasteiger partial charge on any atom is 0.306 e. The lowest BCUT2D eigenvalue weighted by Gasteiger charge is -2.18. The zero-order valence-corrected chi connectivity index (χ0v) is 14.7. The van der Waals surface area contributed by atoms with Gasteiger partial charge in [0.1, 0.15) is 11.9 Å². The highest BCUT2D eigenvalue weighted by Crippen LogP contribution is 2.35. The molecule has 0 aromatic heterocycles. The summed E-state index contributed by atoms with van der Waals surface area (Å²) in [7, 11) is 0. The molecule has 2 aromatic rings. The van der Waals surface area contributed by atoms with E-state index in [2.05, 4.69) is 25.1 Å². The number of carboxylic acids is 1. The fraction of sp³-hybridized carbons (Fsp3) is 0.381. The van der Waals surface area contributed by atoms with Gasteiger partial charge in [-0.25, -0.2) is 0 Å². The third-order valence-corrected chi connectivity index (χ3v) is 4.58. The Bertz CT molecular complexity index is 736. The summed E-state index contributed by atoms with van der Waals surface area (Å²) in [6.45, 7) is 4.46. The molecule has 0 fully saturated rings. The van der Waals surface area contributed by atoms with Crippen molar-refractivity contribution in [3.8, 4) is 5.75 Å². The molecule has 0 saturated heterocycles. The third kappa shape index (κ3) is 4.20. The van der Waals surface area contributed by atoms with Gasteiger partial charge in [-0.15, -0.1) is 0 Å². The predicted molar refractivity (Wildman–Crippen MR) is 95.9 cm³/mol. The molecule has 0 aliphatic heterocycles. The first kappa shape index (κ1) is 17.5. The van der Waals surface area contributed by atoms with Gasteiger partial charge in [0.05, 0.1) is 12.5 Å². The Morgan fingerprint density at radius 3 is 2.68 bits per heavy atom. The molecule has 4 heteroatoms. The highest BCUT2D eigenvalue weighted by Gasteiger charge is 2.24. The van der Waals surface area contributed by atoms with E-state index < -0.39 is 12.1 Å². The average Bonchev–Trinajstić information content (AvgIpc) is 2.97. The van der Waals surface area contributed by atoms with Crippen LogP contribution in [0.15, 0.2) is 42.5 Å². The second-order valence-electron chi connectivity index (χ2n) is 6.46. The Hall–Kier alpha value is -2.33. The van der Waals surface area contributed by atoms with E-state index in [0.717, 1.165) is 24.2 Å². The molecule has 4 nitrogen and oxygen atoms in total. The largest absolute Gasteiger partial charge is 0.486 e. The monoisotopic (exact) mass is 340 g/mol. The average molecular weight is 340 g/mol. The van der Waals surface area contributed by atoms with Gasteiger partial charge in [-0.2, -0.15) is 0 Å². The van der Waals surface area contributed by atoms with E-state index in [1.807, 2.05) is 31.2 Å². The van der Waals surface area contributed by atoms with Crippen LogP contribution in [0.2, 0.25) is 0 Å². The Morgan fingerprint density at radius 2 is 2.00 bits per heavy atom. The Morgan fingerprint density at radius 1 is 1.24 bits per heavy atom. The standard InChI is InChI=1S/C21H24O4/c1-3-24-20(13-21(22)23)15-5-8-17(9-6-15)25-19-11-7-16-12-14(2)4-10-18(16)19/h4-6,8-10,12,19-20H,3,7,11,13H2,1-2H3,(H,22,23)/t19?,20-/m0/s1. The zero-order chi connectivity index (χ0) is 17.8. The fourth-order valence-corrected chi connectivity index (χ4v) is 3.39. The molecule has 25 heavy (non-hydrogen) atoms. The van der Waals surface area contributed by atoms with Crippen molar-refractivity contribution in [2.45, 2.75) is 45.3 Å². The highest BCUT2D eigenvalue weighted by atomic mass is 16.5. The summed E-state index contributed by atoms with van der Waals surface area (Å²) in [5.74, 6) is -0.0654. The number of carbonyl (C=O) groups is 1. The van der Waals surface area contributed by atoms with Crippen molar-refractivity contribution in [1.29, 1.82) is 0 Å². The molecular formula is C21H24O4. The number of hydrogen-bond donors (Lipinski definition) is 1. The summed E-state index contributed by atoms with van der Waals surface area (Å²) in [4.78, 5) is 11.0. The van der Waals surface area contributed by atoms with E-state index in [1.165, 1.54) is 16.7 Å². The molecular weight excluding hydrogens is 316 g/mol. The van der Waals surface area contributed by atoms with Crippen molar-refractivity contribution in [2.75, 3.05) is 6.61 Å². The lowest BCUT2D eigenvalue weighted by Crippen LogP contribution is -2.10. The van der Waals surface area contributed by atoms with Gasteiger partial charge < -0.3 is 14.6 Å². The van der Waals surface area contributed by atoms with Crippen LogP contribution in [0, 0.1) is 6.92 Å². The molecule has 0 saturated carbocycles. The van der Waals surface area contributed by atoms with Crippen LogP contribution in [-0.2, 0) is 16.0 Å². The van der Waals surface area contributed by atoms with Crippen LogP contribution in [0.1, 0.15) is 54.2 Å². The number of aliphatic carboxylic acids is 1. The van der Waals surface area contributed by atoms with Crippen LogP contribution in [0.4, 0.5) is 0 Å². The molecule has 1 aliphatic rings. The van der Waals surface area contributed by atoms with E-state index in [9.17, 15) is 4.79 Å². The topological polar surface area (TPSA) is 55.8 Å². The third-order valence-electron chi connectivity index (χ3n) is 4.58. The minimum absolute atomic E-state index is 0.0383. The Balaban J connectivity index is 1.70. The molecule has 0 spiro atoms. The smallest absolute Gasteiger partial charge is 0.306 e. The number of ether oxygens (including phenoxy) is 2. The second kappa shape index (κ2) is 7.70. The normalized spacial score (nSPS) is 17.1. The molecule has 3 rings (SSSR count). The summed E-state index contributed by atoms with van der Waals surface area (Å²) in [6.07, 6.45) is 1.66. The maximum atomic E-state index is 11.0. The van der Waals surface area contributed by atoms with E-state index in [4.69, 9.17) is 14.6 Å². The van der Waals surface area contributed by atoms with Gasteiger partial charge in [0.15, 0.2) is 0 Å². The van der Waals surface area contributed by atoms with Crippen LogP contribution < -0.4 is 4.74 Å². The minimum atomic E-state index is -0.864. The molecule has 0 heterocycles. The number of aryl methyl sites for hydroxylation is 2. The molecule has 2 atom stereocenters. The molecule has 1 aliphatic carbocycles. The summed E-state index contributed by atoms with van der Waals surface area (Å²) < 4.78 is 11.7. The van der Waals surface area contributed by atoms with Gasteiger partial charge in [-0.3, -0.25) is 4.79 Å². The number of carboxylic acid groups (broad SMARTS) is 1. The SMILES string of the molecule is CCO[C@@H](CC(=O)O)c1ccc(OC2CCc3cc(C)ccc32)cc1. The second-order valence-corrected chi connectivity index (χ2v) is 6.46. The van der Waals surface area contributed by atoms with Gasteiger partial charge in [0.2, 0.25) is 0 Å². The lowest BCUT2D eigenvalue weighted by atomic mass is 10.1.